The quantitative estimate of drug-likeness (QED) is 0.758. The minimum atomic E-state index is -1.42. The first-order valence-corrected chi connectivity index (χ1v) is 10.8. The maximum Gasteiger partial charge on any atom is 0.163 e. The molecule has 2 fully saturated rings. The van der Waals surface area contributed by atoms with Crippen LogP contribution in [0.25, 0.3) is 0 Å². The third-order valence-corrected chi connectivity index (χ3v) is 8.32. The second-order valence-corrected chi connectivity index (χ2v) is 12.2. The topological polar surface area (TPSA) is 50.7 Å². The molecule has 2 heterocycles. The van der Waals surface area contributed by atoms with Crippen molar-refractivity contribution in [1.82, 2.24) is 5.32 Å². The van der Waals surface area contributed by atoms with Crippen LogP contribution in [0.3, 0.4) is 0 Å². The van der Waals surface area contributed by atoms with E-state index in [1.165, 1.54) is 18.9 Å². The molecule has 19 heavy (non-hydrogen) atoms. The molecule has 0 aromatic carbocycles. The molecule has 0 aromatic rings. The summed E-state index contributed by atoms with van der Waals surface area (Å²) in [6, 6.07) is 1.32. The number of fused-ring (bicyclic) bond motifs is 1. The molecule has 1 unspecified atom stereocenters. The van der Waals surface area contributed by atoms with Crippen LogP contribution in [-0.2, 0) is 9.47 Å². The predicted molar refractivity (Wildman–Crippen MR) is 78.8 cm³/mol. The summed E-state index contributed by atoms with van der Waals surface area (Å²) in [5.41, 5.74) is 0.378. The Kier molecular flexibility index (Phi) is 4.43. The molecule has 0 saturated carbocycles. The van der Waals surface area contributed by atoms with E-state index in [0.29, 0.717) is 5.67 Å². The Morgan fingerprint density at radius 1 is 1.21 bits per heavy atom. The van der Waals surface area contributed by atoms with Gasteiger partial charge in [-0.2, -0.15) is 0 Å². The number of rotatable bonds is 5. The van der Waals surface area contributed by atoms with Crippen LogP contribution in [0, 0.1) is 0 Å². The second kappa shape index (κ2) is 5.45. The average molecular weight is 287 g/mol. The molecule has 2 saturated heterocycles. The number of aliphatic hydroxyl groups is 1. The Balaban J connectivity index is 2.13. The minimum Gasteiger partial charge on any atom is -0.395 e. The van der Waals surface area contributed by atoms with Gasteiger partial charge < -0.3 is 19.9 Å². The molecular weight excluding hydrogens is 258 g/mol. The van der Waals surface area contributed by atoms with Crippen LogP contribution in [0.2, 0.25) is 19.1 Å². The van der Waals surface area contributed by atoms with E-state index in [-0.39, 0.29) is 24.9 Å². The lowest BCUT2D eigenvalue weighted by atomic mass is 10.1. The maximum atomic E-state index is 9.56. The van der Waals surface area contributed by atoms with Gasteiger partial charge in [0.1, 0.15) is 12.2 Å². The van der Waals surface area contributed by atoms with Crippen LogP contribution >= 0.6 is 0 Å². The lowest BCUT2D eigenvalue weighted by Gasteiger charge is -2.34. The highest BCUT2D eigenvalue weighted by Gasteiger charge is 2.57. The number of unbranched alkanes of at least 4 members (excludes halogenated alkanes) is 1. The van der Waals surface area contributed by atoms with E-state index >= 15 is 0 Å². The van der Waals surface area contributed by atoms with Crippen LogP contribution in [0.15, 0.2) is 0 Å². The Bertz CT molecular complexity index is 322. The fourth-order valence-corrected chi connectivity index (χ4v) is 6.81. The van der Waals surface area contributed by atoms with Crippen molar-refractivity contribution in [3.8, 4) is 0 Å². The van der Waals surface area contributed by atoms with Gasteiger partial charge in [0, 0.05) is 5.67 Å². The molecule has 0 bridgehead atoms. The largest absolute Gasteiger partial charge is 0.395 e. The maximum absolute atomic E-state index is 9.56. The van der Waals surface area contributed by atoms with Crippen LogP contribution < -0.4 is 5.32 Å². The molecule has 2 rings (SSSR count). The van der Waals surface area contributed by atoms with Gasteiger partial charge in [0.15, 0.2) is 5.79 Å². The third-order valence-electron chi connectivity index (χ3n) is 4.50. The summed E-state index contributed by atoms with van der Waals surface area (Å²) >= 11 is 0. The molecule has 112 valence electrons. The molecule has 0 spiro atoms. The van der Waals surface area contributed by atoms with Crippen LogP contribution in [0.5, 0.6) is 0 Å². The summed E-state index contributed by atoms with van der Waals surface area (Å²) in [5, 5.41) is 13.2. The van der Waals surface area contributed by atoms with Gasteiger partial charge in [0.05, 0.1) is 20.7 Å². The van der Waals surface area contributed by atoms with E-state index in [1.807, 2.05) is 13.8 Å². The SMILES string of the molecule is CCCC[Si](C)(C)C1N[C@H](CO)[C@H]2OC(C)(C)O[C@@H]12. The van der Waals surface area contributed by atoms with Crippen LogP contribution in [0.4, 0.5) is 0 Å². The van der Waals surface area contributed by atoms with Gasteiger partial charge in [-0.15, -0.1) is 0 Å². The standard InChI is InChI=1S/C14H29NO3Si/c1-6-7-8-19(4,5)13-12-11(10(9-16)15-13)17-14(2,3)18-12/h10-13,15-16H,6-9H2,1-5H3/t10-,11-,12-,13?/m1/s1. The van der Waals surface area contributed by atoms with Gasteiger partial charge in [0.25, 0.3) is 0 Å². The highest BCUT2D eigenvalue weighted by molar-refractivity contribution is 6.79. The average Bonchev–Trinajstić information content (AvgIpc) is 2.79. The third kappa shape index (κ3) is 3.05. The van der Waals surface area contributed by atoms with Crippen LogP contribution in [-0.4, -0.2) is 49.5 Å². The number of hydrogen-bond acceptors (Lipinski definition) is 4. The van der Waals surface area contributed by atoms with Gasteiger partial charge in [-0.3, -0.25) is 0 Å². The molecule has 0 amide bonds. The van der Waals surface area contributed by atoms with Gasteiger partial charge in [-0.1, -0.05) is 38.9 Å². The Labute approximate surface area is 117 Å². The molecule has 0 radical (unpaired) electrons. The highest BCUT2D eigenvalue weighted by atomic mass is 28.3. The van der Waals surface area contributed by atoms with E-state index in [2.05, 4.69) is 25.3 Å². The Hall–Kier alpha value is 0.0569. The summed E-state index contributed by atoms with van der Waals surface area (Å²) in [5.74, 6) is -0.516. The van der Waals surface area contributed by atoms with E-state index in [0.717, 1.165) is 0 Å². The summed E-state index contributed by atoms with van der Waals surface area (Å²) in [6.45, 7) is 11.1. The molecule has 2 aliphatic heterocycles. The molecule has 4 nitrogen and oxygen atoms in total. The van der Waals surface area contributed by atoms with E-state index < -0.39 is 13.9 Å². The highest BCUT2D eigenvalue weighted by Crippen LogP contribution is 2.39. The zero-order chi connectivity index (χ0) is 14.3. The van der Waals surface area contributed by atoms with Gasteiger partial charge >= 0.3 is 0 Å². The molecule has 2 aliphatic rings. The van der Waals surface area contributed by atoms with Crippen LogP contribution in [0.1, 0.15) is 33.6 Å². The Morgan fingerprint density at radius 2 is 1.84 bits per heavy atom. The normalized spacial score (nSPS) is 37.6. The summed E-state index contributed by atoms with van der Waals surface area (Å²) in [4.78, 5) is 0. The van der Waals surface area contributed by atoms with Crippen molar-refractivity contribution < 1.29 is 14.6 Å². The molecule has 2 N–H and O–H groups in total. The van der Waals surface area contributed by atoms with E-state index in [9.17, 15) is 5.11 Å². The number of hydrogen-bond donors (Lipinski definition) is 2. The number of aliphatic hydroxyl groups excluding tert-OH is 1. The fraction of sp³-hybridized carbons (Fsp3) is 1.00. The van der Waals surface area contributed by atoms with Crippen molar-refractivity contribution in [1.29, 1.82) is 0 Å². The summed E-state index contributed by atoms with van der Waals surface area (Å²) < 4.78 is 12.1. The molecule has 0 aromatic heterocycles. The lowest BCUT2D eigenvalue weighted by Crippen LogP contribution is -2.55. The van der Waals surface area contributed by atoms with Crippen molar-refractivity contribution in [2.24, 2.45) is 0 Å². The smallest absolute Gasteiger partial charge is 0.163 e. The predicted octanol–water partition coefficient (Wildman–Crippen LogP) is 1.89. The monoisotopic (exact) mass is 287 g/mol. The van der Waals surface area contributed by atoms with Crippen molar-refractivity contribution in [2.45, 2.75) is 82.5 Å². The lowest BCUT2D eigenvalue weighted by molar-refractivity contribution is -0.155. The Morgan fingerprint density at radius 3 is 2.42 bits per heavy atom. The summed E-state index contributed by atoms with van der Waals surface area (Å²) in [7, 11) is -1.42. The molecular formula is C14H29NO3Si. The zero-order valence-electron chi connectivity index (χ0n) is 12.9. The van der Waals surface area contributed by atoms with E-state index in [1.54, 1.807) is 0 Å². The van der Waals surface area contributed by atoms with E-state index in [4.69, 9.17) is 9.47 Å². The minimum absolute atomic E-state index is 0.00148. The number of ether oxygens (including phenoxy) is 2. The summed E-state index contributed by atoms with van der Waals surface area (Å²) in [6.07, 6.45) is 2.62. The van der Waals surface area contributed by atoms with Crippen molar-refractivity contribution in [2.75, 3.05) is 6.61 Å². The van der Waals surface area contributed by atoms with Crippen molar-refractivity contribution >= 4 is 8.07 Å². The first kappa shape index (κ1) is 15.4. The van der Waals surface area contributed by atoms with Crippen molar-refractivity contribution in [3.63, 3.8) is 0 Å². The van der Waals surface area contributed by atoms with Gasteiger partial charge in [-0.05, 0) is 13.8 Å². The van der Waals surface area contributed by atoms with Crippen molar-refractivity contribution in [3.05, 3.63) is 0 Å². The molecule has 5 heteroatoms. The molecule has 4 atom stereocenters. The molecule has 0 aliphatic carbocycles. The second-order valence-electron chi connectivity index (χ2n) is 7.09. The first-order chi connectivity index (χ1) is 8.80. The zero-order valence-corrected chi connectivity index (χ0v) is 13.9. The fourth-order valence-electron chi connectivity index (χ4n) is 3.42. The first-order valence-electron chi connectivity index (χ1n) is 7.53. The van der Waals surface area contributed by atoms with Gasteiger partial charge in [-0.25, -0.2) is 0 Å². The number of nitrogens with one attached hydrogen (secondary N) is 1. The van der Waals surface area contributed by atoms with Gasteiger partial charge in [0.2, 0.25) is 0 Å².